The summed E-state index contributed by atoms with van der Waals surface area (Å²) in [5.41, 5.74) is 2.19. The summed E-state index contributed by atoms with van der Waals surface area (Å²) in [4.78, 5) is 42.2. The Morgan fingerprint density at radius 3 is 2.19 bits per heavy atom. The lowest BCUT2D eigenvalue weighted by Crippen LogP contribution is -2.51. The number of benzene rings is 2. The van der Waals surface area contributed by atoms with Gasteiger partial charge in [-0.15, -0.1) is 0 Å². The molecule has 31 heavy (non-hydrogen) atoms. The molecule has 0 radical (unpaired) electrons. The monoisotopic (exact) mass is 440 g/mol. The number of carbonyl (C=O) groups is 1. The topological polar surface area (TPSA) is 67.5 Å². The summed E-state index contributed by atoms with van der Waals surface area (Å²) in [7, 11) is 0. The molecule has 1 fully saturated rings. The molecule has 2 heterocycles. The van der Waals surface area contributed by atoms with Gasteiger partial charge in [0.25, 0.3) is 0 Å². The number of hydrogen-bond acceptors (Lipinski definition) is 4. The predicted octanol–water partition coefficient (Wildman–Crippen LogP) is 2.49. The SMILES string of the molecule is CCn1c(=O)c(=O)n(CC(=O)N2CCN(c3cc(Cl)ccc3C)CC2)c2ccccc21. The normalized spacial score (nSPS) is 14.3. The molecular formula is C23H25ClN4O3. The number of amides is 1. The fourth-order valence-electron chi connectivity index (χ4n) is 4.20. The van der Waals surface area contributed by atoms with Crippen molar-refractivity contribution in [3.8, 4) is 0 Å². The minimum Gasteiger partial charge on any atom is -0.368 e. The zero-order chi connectivity index (χ0) is 22.1. The number of para-hydroxylation sites is 2. The molecular weight excluding hydrogens is 416 g/mol. The van der Waals surface area contributed by atoms with Crippen LogP contribution >= 0.6 is 11.6 Å². The molecule has 8 heteroatoms. The van der Waals surface area contributed by atoms with Gasteiger partial charge in [-0.3, -0.25) is 19.0 Å². The summed E-state index contributed by atoms with van der Waals surface area (Å²) in [6.45, 7) is 6.57. The Balaban J connectivity index is 1.55. The molecule has 1 aliphatic heterocycles. The van der Waals surface area contributed by atoms with E-state index in [9.17, 15) is 14.4 Å². The summed E-state index contributed by atoms with van der Waals surface area (Å²) < 4.78 is 2.75. The molecule has 4 rings (SSSR count). The molecule has 162 valence electrons. The molecule has 7 nitrogen and oxygen atoms in total. The van der Waals surface area contributed by atoms with Crippen LogP contribution in [0.5, 0.6) is 0 Å². The molecule has 2 aromatic carbocycles. The summed E-state index contributed by atoms with van der Waals surface area (Å²) >= 11 is 6.15. The quantitative estimate of drug-likeness (QED) is 0.584. The number of carbonyl (C=O) groups excluding carboxylic acids is 1. The van der Waals surface area contributed by atoms with Gasteiger partial charge >= 0.3 is 11.1 Å². The highest BCUT2D eigenvalue weighted by molar-refractivity contribution is 6.30. The first-order valence-corrected chi connectivity index (χ1v) is 10.8. The van der Waals surface area contributed by atoms with Crippen LogP contribution in [-0.2, 0) is 17.9 Å². The molecule has 0 spiro atoms. The smallest absolute Gasteiger partial charge is 0.317 e. The van der Waals surface area contributed by atoms with Gasteiger partial charge < -0.3 is 14.4 Å². The zero-order valence-corrected chi connectivity index (χ0v) is 18.4. The van der Waals surface area contributed by atoms with Crippen molar-refractivity contribution in [2.45, 2.75) is 26.9 Å². The number of aryl methyl sites for hydroxylation is 2. The van der Waals surface area contributed by atoms with Crippen molar-refractivity contribution >= 4 is 34.2 Å². The number of anilines is 1. The maximum absolute atomic E-state index is 13.0. The predicted molar refractivity (Wildman–Crippen MR) is 123 cm³/mol. The minimum absolute atomic E-state index is 0.144. The first-order valence-electron chi connectivity index (χ1n) is 10.4. The second-order valence-electron chi connectivity index (χ2n) is 7.73. The number of rotatable bonds is 4. The standard InChI is InChI=1S/C23H25ClN4O3/c1-3-27-18-6-4-5-7-19(18)28(23(31)22(27)30)15-21(29)26-12-10-25(11-13-26)20-14-17(24)9-8-16(20)2/h4-9,14H,3,10-13,15H2,1-2H3. The summed E-state index contributed by atoms with van der Waals surface area (Å²) in [6.07, 6.45) is 0. The van der Waals surface area contributed by atoms with Crippen LogP contribution in [0.15, 0.2) is 52.1 Å². The van der Waals surface area contributed by atoms with Gasteiger partial charge in [0.15, 0.2) is 0 Å². The first-order chi connectivity index (χ1) is 14.9. The molecule has 0 atom stereocenters. The number of aromatic nitrogens is 2. The Labute approximate surface area is 185 Å². The van der Waals surface area contributed by atoms with Gasteiger partial charge in [0.2, 0.25) is 5.91 Å². The number of piperazine rings is 1. The van der Waals surface area contributed by atoms with Crippen molar-refractivity contribution in [3.05, 3.63) is 73.8 Å². The van der Waals surface area contributed by atoms with E-state index in [0.717, 1.165) is 11.3 Å². The van der Waals surface area contributed by atoms with Crippen molar-refractivity contribution in [2.24, 2.45) is 0 Å². The third-order valence-corrected chi connectivity index (χ3v) is 6.13. The second-order valence-corrected chi connectivity index (χ2v) is 8.16. The summed E-state index contributed by atoms with van der Waals surface area (Å²) in [6, 6.07) is 13.0. The largest absolute Gasteiger partial charge is 0.368 e. The summed E-state index contributed by atoms with van der Waals surface area (Å²) in [5, 5.41) is 0.687. The first kappa shape index (κ1) is 21.2. The van der Waals surface area contributed by atoms with E-state index in [0.29, 0.717) is 48.8 Å². The summed E-state index contributed by atoms with van der Waals surface area (Å²) in [5.74, 6) is -0.164. The molecule has 1 saturated heterocycles. The average molecular weight is 441 g/mol. The Bertz CT molecular complexity index is 1260. The van der Waals surface area contributed by atoms with Crippen molar-refractivity contribution in [3.63, 3.8) is 0 Å². The second kappa shape index (κ2) is 8.59. The van der Waals surface area contributed by atoms with Crippen LogP contribution in [0.1, 0.15) is 12.5 Å². The van der Waals surface area contributed by atoms with Gasteiger partial charge in [-0.25, -0.2) is 0 Å². The Morgan fingerprint density at radius 1 is 0.935 bits per heavy atom. The van der Waals surface area contributed by atoms with Crippen LogP contribution in [0.25, 0.3) is 11.0 Å². The highest BCUT2D eigenvalue weighted by atomic mass is 35.5. The van der Waals surface area contributed by atoms with E-state index in [1.165, 1.54) is 9.13 Å². The van der Waals surface area contributed by atoms with Gasteiger partial charge in [0.1, 0.15) is 6.54 Å². The molecule has 0 bridgehead atoms. The molecule has 0 unspecified atom stereocenters. The van der Waals surface area contributed by atoms with Crippen molar-refractivity contribution in [1.82, 2.24) is 14.0 Å². The van der Waals surface area contributed by atoms with Crippen LogP contribution in [0, 0.1) is 6.92 Å². The molecule has 0 aliphatic carbocycles. The molecule has 1 aromatic heterocycles. The number of halogens is 1. The lowest BCUT2D eigenvalue weighted by atomic mass is 10.1. The third kappa shape index (κ3) is 3.97. The van der Waals surface area contributed by atoms with Crippen LogP contribution in [0.2, 0.25) is 5.02 Å². The molecule has 3 aromatic rings. The van der Waals surface area contributed by atoms with E-state index < -0.39 is 11.1 Å². The maximum atomic E-state index is 13.0. The van der Waals surface area contributed by atoms with E-state index in [-0.39, 0.29) is 12.5 Å². The molecule has 0 N–H and O–H groups in total. The number of fused-ring (bicyclic) bond motifs is 1. The van der Waals surface area contributed by atoms with Gasteiger partial charge in [0, 0.05) is 43.4 Å². The molecule has 1 amide bonds. The van der Waals surface area contributed by atoms with E-state index in [2.05, 4.69) is 4.90 Å². The fraction of sp³-hybridized carbons (Fsp3) is 0.348. The van der Waals surface area contributed by atoms with E-state index in [1.54, 1.807) is 23.1 Å². The Morgan fingerprint density at radius 2 is 1.55 bits per heavy atom. The fourth-order valence-corrected chi connectivity index (χ4v) is 4.36. The number of nitrogens with zero attached hydrogens (tertiary/aromatic N) is 4. The molecule has 0 saturated carbocycles. The lowest BCUT2D eigenvalue weighted by Gasteiger charge is -2.37. The Hall–Kier alpha value is -3.06. The van der Waals surface area contributed by atoms with E-state index in [1.807, 2.05) is 38.1 Å². The average Bonchev–Trinajstić information content (AvgIpc) is 2.79. The van der Waals surface area contributed by atoms with Gasteiger partial charge in [-0.1, -0.05) is 29.8 Å². The van der Waals surface area contributed by atoms with Gasteiger partial charge in [-0.05, 0) is 43.7 Å². The zero-order valence-electron chi connectivity index (χ0n) is 17.7. The highest BCUT2D eigenvalue weighted by Crippen LogP contribution is 2.25. The van der Waals surface area contributed by atoms with Crippen LogP contribution in [0.3, 0.4) is 0 Å². The Kier molecular flexibility index (Phi) is 5.87. The molecule has 1 aliphatic rings. The van der Waals surface area contributed by atoms with Crippen molar-refractivity contribution in [2.75, 3.05) is 31.1 Å². The van der Waals surface area contributed by atoms with Gasteiger partial charge in [0.05, 0.1) is 11.0 Å². The maximum Gasteiger partial charge on any atom is 0.317 e. The van der Waals surface area contributed by atoms with Gasteiger partial charge in [-0.2, -0.15) is 0 Å². The highest BCUT2D eigenvalue weighted by Gasteiger charge is 2.24. The van der Waals surface area contributed by atoms with Crippen molar-refractivity contribution in [1.29, 1.82) is 0 Å². The number of hydrogen-bond donors (Lipinski definition) is 0. The van der Waals surface area contributed by atoms with Crippen LogP contribution in [-0.4, -0.2) is 46.1 Å². The van der Waals surface area contributed by atoms with Crippen LogP contribution in [0.4, 0.5) is 5.69 Å². The van der Waals surface area contributed by atoms with E-state index in [4.69, 9.17) is 11.6 Å². The lowest BCUT2D eigenvalue weighted by molar-refractivity contribution is -0.132. The van der Waals surface area contributed by atoms with Crippen molar-refractivity contribution < 1.29 is 4.79 Å². The minimum atomic E-state index is -0.665. The van der Waals surface area contributed by atoms with E-state index >= 15 is 0 Å². The van der Waals surface area contributed by atoms with Crippen LogP contribution < -0.4 is 16.0 Å². The third-order valence-electron chi connectivity index (χ3n) is 5.89.